The van der Waals surface area contributed by atoms with Gasteiger partial charge in [0.05, 0.1) is 22.8 Å². The van der Waals surface area contributed by atoms with Crippen molar-refractivity contribution >= 4 is 34.8 Å². The first-order valence-corrected chi connectivity index (χ1v) is 7.32. The van der Waals surface area contributed by atoms with E-state index in [9.17, 15) is 14.0 Å². The molecular weight excluding hydrogens is 323 g/mol. The number of anilines is 2. The fraction of sp³-hybridized carbons (Fsp3) is 0.267. The van der Waals surface area contributed by atoms with Crippen molar-refractivity contribution in [3.8, 4) is 0 Å². The minimum absolute atomic E-state index is 0.157. The monoisotopic (exact) mass is 338 g/mol. The minimum atomic E-state index is -0.991. The van der Waals surface area contributed by atoms with Crippen LogP contribution in [0.3, 0.4) is 0 Å². The summed E-state index contributed by atoms with van der Waals surface area (Å²) in [5.74, 6) is -2.58. The number of benzene rings is 1. The average molecular weight is 339 g/mol. The maximum atomic E-state index is 13.6. The highest BCUT2D eigenvalue weighted by atomic mass is 35.5. The lowest BCUT2D eigenvalue weighted by atomic mass is 10.3. The standard InChI is InChI=1S/C15H16ClFN4O2/c1-4-21-9(3)13(8(2)20-21)19-15(23)14(22)18-12-7-10(16)5-6-11(12)17/h5-7H,4H2,1-3H3,(H,18,22)(H,19,23). The Morgan fingerprint density at radius 1 is 1.26 bits per heavy atom. The van der Waals surface area contributed by atoms with Gasteiger partial charge < -0.3 is 10.6 Å². The van der Waals surface area contributed by atoms with Crippen molar-refractivity contribution in [3.63, 3.8) is 0 Å². The molecule has 0 aliphatic rings. The highest BCUT2D eigenvalue weighted by Gasteiger charge is 2.20. The van der Waals surface area contributed by atoms with Crippen molar-refractivity contribution in [1.29, 1.82) is 0 Å². The Morgan fingerprint density at radius 3 is 2.52 bits per heavy atom. The van der Waals surface area contributed by atoms with Gasteiger partial charge in [-0.1, -0.05) is 11.6 Å². The molecule has 0 radical (unpaired) electrons. The van der Waals surface area contributed by atoms with Crippen LogP contribution in [0.4, 0.5) is 15.8 Å². The molecule has 1 aromatic carbocycles. The Bertz CT molecular complexity index is 773. The van der Waals surface area contributed by atoms with Gasteiger partial charge in [0.15, 0.2) is 0 Å². The number of hydrogen-bond donors (Lipinski definition) is 2. The number of nitrogens with one attached hydrogen (secondary N) is 2. The second-order valence-electron chi connectivity index (χ2n) is 4.89. The largest absolute Gasteiger partial charge is 0.315 e. The van der Waals surface area contributed by atoms with Gasteiger partial charge in [-0.25, -0.2) is 4.39 Å². The van der Waals surface area contributed by atoms with Gasteiger partial charge in [0.1, 0.15) is 5.82 Å². The van der Waals surface area contributed by atoms with Crippen molar-refractivity contribution in [2.24, 2.45) is 0 Å². The van der Waals surface area contributed by atoms with Gasteiger partial charge in [0.25, 0.3) is 0 Å². The first-order valence-electron chi connectivity index (χ1n) is 6.94. The van der Waals surface area contributed by atoms with E-state index in [-0.39, 0.29) is 10.7 Å². The number of carbonyl (C=O) groups is 2. The lowest BCUT2D eigenvalue weighted by Crippen LogP contribution is -2.29. The number of halogens is 2. The number of hydrogen-bond acceptors (Lipinski definition) is 3. The van der Waals surface area contributed by atoms with Crippen molar-refractivity contribution in [3.05, 3.63) is 40.4 Å². The molecule has 0 aliphatic carbocycles. The SMILES string of the molecule is CCn1nc(C)c(NC(=O)C(=O)Nc2cc(Cl)ccc2F)c1C. The molecule has 2 N–H and O–H groups in total. The van der Waals surface area contributed by atoms with E-state index in [4.69, 9.17) is 11.6 Å². The Labute approximate surface area is 137 Å². The maximum Gasteiger partial charge on any atom is 0.314 e. The molecule has 0 unspecified atom stereocenters. The van der Waals surface area contributed by atoms with E-state index in [2.05, 4.69) is 15.7 Å². The fourth-order valence-corrected chi connectivity index (χ4v) is 2.30. The van der Waals surface area contributed by atoms with Crippen LogP contribution < -0.4 is 10.6 Å². The van der Waals surface area contributed by atoms with Crippen LogP contribution >= 0.6 is 11.6 Å². The second kappa shape index (κ2) is 6.78. The molecule has 0 bridgehead atoms. The van der Waals surface area contributed by atoms with Crippen LogP contribution in [0.2, 0.25) is 5.02 Å². The van der Waals surface area contributed by atoms with E-state index >= 15 is 0 Å². The molecule has 2 rings (SSSR count). The number of rotatable bonds is 3. The Kier molecular flexibility index (Phi) is 5.00. The van der Waals surface area contributed by atoms with Crippen LogP contribution in [-0.2, 0) is 16.1 Å². The third kappa shape index (κ3) is 3.68. The Morgan fingerprint density at radius 2 is 1.91 bits per heavy atom. The van der Waals surface area contributed by atoms with Crippen LogP contribution in [-0.4, -0.2) is 21.6 Å². The average Bonchev–Trinajstić information content (AvgIpc) is 2.78. The van der Waals surface area contributed by atoms with Crippen molar-refractivity contribution in [1.82, 2.24) is 9.78 Å². The van der Waals surface area contributed by atoms with Crippen molar-refractivity contribution in [2.45, 2.75) is 27.3 Å². The topological polar surface area (TPSA) is 76.0 Å². The van der Waals surface area contributed by atoms with Gasteiger partial charge in [-0.3, -0.25) is 14.3 Å². The van der Waals surface area contributed by atoms with Crippen molar-refractivity contribution < 1.29 is 14.0 Å². The van der Waals surface area contributed by atoms with Crippen LogP contribution in [0.1, 0.15) is 18.3 Å². The van der Waals surface area contributed by atoms with E-state index in [1.165, 1.54) is 12.1 Å². The molecule has 0 aliphatic heterocycles. The molecule has 0 saturated carbocycles. The van der Waals surface area contributed by atoms with Crippen LogP contribution in [0.5, 0.6) is 0 Å². The van der Waals surface area contributed by atoms with E-state index < -0.39 is 17.6 Å². The smallest absolute Gasteiger partial charge is 0.314 e. The minimum Gasteiger partial charge on any atom is -0.315 e. The molecule has 122 valence electrons. The molecule has 6 nitrogen and oxygen atoms in total. The first kappa shape index (κ1) is 17.0. The molecule has 0 atom stereocenters. The number of carbonyl (C=O) groups excluding carboxylic acids is 2. The number of aryl methyl sites for hydroxylation is 2. The predicted octanol–water partition coefficient (Wildman–Crippen LogP) is 2.89. The lowest BCUT2D eigenvalue weighted by Gasteiger charge is -2.08. The summed E-state index contributed by atoms with van der Waals surface area (Å²) in [5.41, 5.74) is 1.65. The summed E-state index contributed by atoms with van der Waals surface area (Å²) in [7, 11) is 0. The lowest BCUT2D eigenvalue weighted by molar-refractivity contribution is -0.133. The van der Waals surface area contributed by atoms with E-state index in [0.29, 0.717) is 17.9 Å². The normalized spacial score (nSPS) is 10.5. The van der Waals surface area contributed by atoms with Crippen LogP contribution in [0, 0.1) is 19.7 Å². The summed E-state index contributed by atoms with van der Waals surface area (Å²) in [6.45, 7) is 6.07. The second-order valence-corrected chi connectivity index (χ2v) is 5.33. The predicted molar refractivity (Wildman–Crippen MR) is 86.0 cm³/mol. The molecule has 0 saturated heterocycles. The maximum absolute atomic E-state index is 13.6. The van der Waals surface area contributed by atoms with E-state index in [0.717, 1.165) is 11.8 Å². The summed E-state index contributed by atoms with van der Waals surface area (Å²) in [6.07, 6.45) is 0. The van der Waals surface area contributed by atoms with Crippen molar-refractivity contribution in [2.75, 3.05) is 10.6 Å². The van der Waals surface area contributed by atoms with Gasteiger partial charge in [0, 0.05) is 11.6 Å². The fourth-order valence-electron chi connectivity index (χ4n) is 2.13. The molecule has 0 fully saturated rings. The van der Waals surface area contributed by atoms with Gasteiger partial charge in [-0.2, -0.15) is 5.10 Å². The molecule has 23 heavy (non-hydrogen) atoms. The van der Waals surface area contributed by atoms with Gasteiger partial charge in [-0.15, -0.1) is 0 Å². The summed E-state index contributed by atoms with van der Waals surface area (Å²) in [6, 6.07) is 3.68. The number of aromatic nitrogens is 2. The zero-order valence-corrected chi connectivity index (χ0v) is 13.7. The summed E-state index contributed by atoms with van der Waals surface area (Å²) >= 11 is 5.74. The highest BCUT2D eigenvalue weighted by molar-refractivity contribution is 6.44. The summed E-state index contributed by atoms with van der Waals surface area (Å²) in [5, 5.41) is 9.18. The first-order chi connectivity index (χ1) is 10.8. The zero-order valence-electron chi connectivity index (χ0n) is 12.9. The zero-order chi connectivity index (χ0) is 17.1. The molecule has 2 amide bonds. The molecule has 2 aromatic rings. The Balaban J connectivity index is 2.13. The number of amides is 2. The molecule has 0 spiro atoms. The van der Waals surface area contributed by atoms with Gasteiger partial charge >= 0.3 is 11.8 Å². The molecule has 8 heteroatoms. The highest BCUT2D eigenvalue weighted by Crippen LogP contribution is 2.21. The number of nitrogens with zero attached hydrogens (tertiary/aromatic N) is 2. The quantitative estimate of drug-likeness (QED) is 0.845. The third-order valence-corrected chi connectivity index (χ3v) is 3.54. The van der Waals surface area contributed by atoms with Gasteiger partial charge in [0.2, 0.25) is 0 Å². The third-order valence-electron chi connectivity index (χ3n) is 3.30. The van der Waals surface area contributed by atoms with E-state index in [1.54, 1.807) is 18.5 Å². The molecule has 1 heterocycles. The summed E-state index contributed by atoms with van der Waals surface area (Å²) < 4.78 is 15.3. The van der Waals surface area contributed by atoms with Crippen LogP contribution in [0.15, 0.2) is 18.2 Å². The molecule has 1 aromatic heterocycles. The van der Waals surface area contributed by atoms with E-state index in [1.807, 2.05) is 6.92 Å². The Hall–Kier alpha value is -2.41. The summed E-state index contributed by atoms with van der Waals surface area (Å²) in [4.78, 5) is 23.9. The van der Waals surface area contributed by atoms with Crippen LogP contribution in [0.25, 0.3) is 0 Å². The van der Waals surface area contributed by atoms with Gasteiger partial charge in [-0.05, 0) is 39.0 Å². The molecular formula is C15H16ClFN4O2.